The third-order valence-corrected chi connectivity index (χ3v) is 2.91. The highest BCUT2D eigenvalue weighted by Crippen LogP contribution is 2.17. The molecule has 0 spiro atoms. The van der Waals surface area contributed by atoms with E-state index >= 15 is 0 Å². The lowest BCUT2D eigenvalue weighted by molar-refractivity contribution is 0.306. The fourth-order valence-corrected chi connectivity index (χ4v) is 1.87. The summed E-state index contributed by atoms with van der Waals surface area (Å²) in [6.45, 7) is 7.96. The molecule has 0 amide bonds. The van der Waals surface area contributed by atoms with Gasteiger partial charge in [-0.2, -0.15) is 5.10 Å². The average molecular weight is 406 g/mol. The molecular formula is C14H27IN6. The summed E-state index contributed by atoms with van der Waals surface area (Å²) in [5.41, 5.74) is 1.17. The van der Waals surface area contributed by atoms with Gasteiger partial charge in [-0.3, -0.25) is 9.67 Å². The van der Waals surface area contributed by atoms with Crippen LogP contribution in [0.3, 0.4) is 0 Å². The van der Waals surface area contributed by atoms with Crippen LogP contribution in [0.4, 0.5) is 0 Å². The molecule has 2 N–H and O–H groups in total. The molecular weight excluding hydrogens is 379 g/mol. The second-order valence-corrected chi connectivity index (χ2v) is 4.82. The molecule has 0 saturated carbocycles. The van der Waals surface area contributed by atoms with Gasteiger partial charge in [-0.15, -0.1) is 30.6 Å². The van der Waals surface area contributed by atoms with Gasteiger partial charge in [0.25, 0.3) is 0 Å². The van der Waals surface area contributed by atoms with Crippen molar-refractivity contribution in [1.29, 1.82) is 0 Å². The molecule has 7 heteroatoms. The van der Waals surface area contributed by atoms with Crippen molar-refractivity contribution >= 4 is 29.9 Å². The molecule has 21 heavy (non-hydrogen) atoms. The molecule has 1 atom stereocenters. The highest BCUT2D eigenvalue weighted by Gasteiger charge is 2.15. The topological polar surface area (TPSA) is 57.5 Å². The van der Waals surface area contributed by atoms with Crippen molar-refractivity contribution in [3.63, 3.8) is 0 Å². The third kappa shape index (κ3) is 6.94. The number of hydrogen-bond donors (Lipinski definition) is 2. The number of hydrogen-bond acceptors (Lipinski definition) is 3. The molecule has 0 radical (unpaired) electrons. The number of guanidine groups is 1. The van der Waals surface area contributed by atoms with Gasteiger partial charge in [0, 0.05) is 31.9 Å². The van der Waals surface area contributed by atoms with Crippen LogP contribution in [0.1, 0.15) is 18.5 Å². The van der Waals surface area contributed by atoms with E-state index in [-0.39, 0.29) is 30.0 Å². The number of nitrogens with zero attached hydrogens (tertiary/aromatic N) is 4. The normalized spacial score (nSPS) is 12.7. The maximum absolute atomic E-state index is 4.63. The minimum absolute atomic E-state index is 0. The molecule has 1 rings (SSSR count). The first-order chi connectivity index (χ1) is 9.58. The fraction of sp³-hybridized carbons (Fsp3) is 0.571. The van der Waals surface area contributed by atoms with Gasteiger partial charge in [-0.25, -0.2) is 0 Å². The van der Waals surface area contributed by atoms with E-state index in [9.17, 15) is 0 Å². The number of aromatic nitrogens is 2. The van der Waals surface area contributed by atoms with E-state index in [1.165, 1.54) is 5.56 Å². The van der Waals surface area contributed by atoms with E-state index in [0.29, 0.717) is 13.1 Å². The summed E-state index contributed by atoms with van der Waals surface area (Å²) in [5, 5.41) is 10.7. The summed E-state index contributed by atoms with van der Waals surface area (Å²) in [6.07, 6.45) is 5.74. The average Bonchev–Trinajstić information content (AvgIpc) is 2.82. The first kappa shape index (κ1) is 19.9. The predicted octanol–water partition coefficient (Wildman–Crippen LogP) is 1.38. The van der Waals surface area contributed by atoms with Crippen molar-refractivity contribution in [2.75, 3.05) is 33.7 Å². The Labute approximate surface area is 144 Å². The van der Waals surface area contributed by atoms with Crippen molar-refractivity contribution < 1.29 is 0 Å². The van der Waals surface area contributed by atoms with Crippen LogP contribution in [-0.4, -0.2) is 54.4 Å². The molecule has 120 valence electrons. The minimum atomic E-state index is 0. The molecule has 0 saturated heterocycles. The van der Waals surface area contributed by atoms with Crippen LogP contribution < -0.4 is 10.6 Å². The van der Waals surface area contributed by atoms with Gasteiger partial charge in [0.1, 0.15) is 0 Å². The van der Waals surface area contributed by atoms with Crippen LogP contribution in [0, 0.1) is 0 Å². The monoisotopic (exact) mass is 406 g/mol. The summed E-state index contributed by atoms with van der Waals surface area (Å²) in [5.74, 6) is 0.808. The summed E-state index contributed by atoms with van der Waals surface area (Å²) in [6, 6.07) is 0.211. The zero-order valence-corrected chi connectivity index (χ0v) is 15.7. The van der Waals surface area contributed by atoms with Crippen molar-refractivity contribution in [3.8, 4) is 0 Å². The molecule has 0 aliphatic heterocycles. The lowest BCUT2D eigenvalue weighted by atomic mass is 10.1. The summed E-state index contributed by atoms with van der Waals surface area (Å²) < 4.78 is 1.82. The Hall–Kier alpha value is -1.09. The Morgan fingerprint density at radius 3 is 2.71 bits per heavy atom. The molecule has 0 bridgehead atoms. The fourth-order valence-electron chi connectivity index (χ4n) is 1.87. The first-order valence-corrected chi connectivity index (χ1v) is 6.86. The van der Waals surface area contributed by atoms with Crippen molar-refractivity contribution in [2.24, 2.45) is 12.0 Å². The second-order valence-electron chi connectivity index (χ2n) is 4.82. The highest BCUT2D eigenvalue weighted by atomic mass is 127. The first-order valence-electron chi connectivity index (χ1n) is 6.86. The molecule has 1 aromatic rings. The van der Waals surface area contributed by atoms with Gasteiger partial charge < -0.3 is 15.5 Å². The maximum Gasteiger partial charge on any atom is 0.191 e. The summed E-state index contributed by atoms with van der Waals surface area (Å²) in [7, 11) is 6.03. The molecule has 0 aromatic carbocycles. The second kappa shape index (κ2) is 10.6. The number of rotatable bonds is 7. The lowest BCUT2D eigenvalue weighted by Crippen LogP contribution is -2.38. The van der Waals surface area contributed by atoms with Gasteiger partial charge >= 0.3 is 0 Å². The Balaban J connectivity index is 0.00000400. The molecule has 6 nitrogen and oxygen atoms in total. The van der Waals surface area contributed by atoms with Crippen molar-refractivity contribution in [2.45, 2.75) is 13.0 Å². The van der Waals surface area contributed by atoms with E-state index < -0.39 is 0 Å². The quantitative estimate of drug-likeness (QED) is 0.311. The predicted molar refractivity (Wildman–Crippen MR) is 99.2 cm³/mol. The summed E-state index contributed by atoms with van der Waals surface area (Å²) >= 11 is 0. The molecule has 1 heterocycles. The SMILES string of the molecule is C=CCNC(=NCC(c1cnn(C)c1)N(C)C)NCC.I. The van der Waals surface area contributed by atoms with Gasteiger partial charge in [-0.05, 0) is 21.0 Å². The minimum Gasteiger partial charge on any atom is -0.357 e. The van der Waals surface area contributed by atoms with E-state index in [0.717, 1.165) is 12.5 Å². The van der Waals surface area contributed by atoms with Crippen molar-refractivity contribution in [3.05, 3.63) is 30.6 Å². The molecule has 0 fully saturated rings. The van der Waals surface area contributed by atoms with Crippen LogP contribution in [-0.2, 0) is 7.05 Å². The standard InChI is InChI=1S/C14H26N6.HI/c1-6-8-16-14(15-7-2)17-10-13(19(3)4)12-9-18-20(5)11-12;/h6,9,11,13H,1,7-8,10H2,2-5H3,(H2,15,16,17);1H. The highest BCUT2D eigenvalue weighted by molar-refractivity contribution is 14.0. The smallest absolute Gasteiger partial charge is 0.191 e. The lowest BCUT2D eigenvalue weighted by Gasteiger charge is -2.22. The third-order valence-electron chi connectivity index (χ3n) is 2.91. The van der Waals surface area contributed by atoms with Crippen LogP contribution in [0.15, 0.2) is 30.0 Å². The van der Waals surface area contributed by atoms with Crippen LogP contribution in [0.5, 0.6) is 0 Å². The van der Waals surface area contributed by atoms with Crippen LogP contribution in [0.25, 0.3) is 0 Å². The van der Waals surface area contributed by atoms with E-state index in [1.807, 2.05) is 30.2 Å². The molecule has 0 aliphatic rings. The number of aryl methyl sites for hydroxylation is 1. The van der Waals surface area contributed by atoms with Crippen LogP contribution >= 0.6 is 24.0 Å². The number of nitrogens with one attached hydrogen (secondary N) is 2. The Morgan fingerprint density at radius 2 is 2.24 bits per heavy atom. The number of aliphatic imine (C=N–C) groups is 1. The van der Waals surface area contributed by atoms with Gasteiger partial charge in [-0.1, -0.05) is 6.08 Å². The van der Waals surface area contributed by atoms with Gasteiger partial charge in [0.2, 0.25) is 0 Å². The van der Waals surface area contributed by atoms with E-state index in [1.54, 1.807) is 0 Å². The Kier molecular flexibility index (Phi) is 10.1. The number of halogens is 1. The van der Waals surface area contributed by atoms with Crippen LogP contribution in [0.2, 0.25) is 0 Å². The summed E-state index contributed by atoms with van der Waals surface area (Å²) in [4.78, 5) is 6.78. The van der Waals surface area contributed by atoms with E-state index in [2.05, 4.69) is 53.2 Å². The Bertz CT molecular complexity index is 440. The zero-order chi connectivity index (χ0) is 15.0. The van der Waals surface area contributed by atoms with E-state index in [4.69, 9.17) is 0 Å². The molecule has 1 unspecified atom stereocenters. The molecule has 1 aromatic heterocycles. The maximum atomic E-state index is 4.63. The number of likely N-dealkylation sites (N-methyl/N-ethyl adjacent to an activating group) is 1. The Morgan fingerprint density at radius 1 is 1.52 bits per heavy atom. The molecule has 0 aliphatic carbocycles. The largest absolute Gasteiger partial charge is 0.357 e. The zero-order valence-electron chi connectivity index (χ0n) is 13.3. The van der Waals surface area contributed by atoms with Gasteiger partial charge in [0.15, 0.2) is 5.96 Å². The van der Waals surface area contributed by atoms with Crippen molar-refractivity contribution in [1.82, 2.24) is 25.3 Å². The van der Waals surface area contributed by atoms with Gasteiger partial charge in [0.05, 0.1) is 18.8 Å².